The van der Waals surface area contributed by atoms with Crippen molar-refractivity contribution in [2.24, 2.45) is 0 Å². The maximum atomic E-state index is 13.3. The predicted octanol–water partition coefficient (Wildman–Crippen LogP) is 4.93. The van der Waals surface area contributed by atoms with Gasteiger partial charge in [-0.05, 0) is 42.3 Å². The van der Waals surface area contributed by atoms with Gasteiger partial charge in [0.05, 0.1) is 12.1 Å². The number of anilines is 1. The summed E-state index contributed by atoms with van der Waals surface area (Å²) in [6, 6.07) is 10.4. The van der Waals surface area contributed by atoms with Gasteiger partial charge in [-0.25, -0.2) is 9.07 Å². The van der Waals surface area contributed by atoms with Crippen molar-refractivity contribution in [2.75, 3.05) is 5.32 Å². The van der Waals surface area contributed by atoms with Gasteiger partial charge >= 0.3 is 6.61 Å². The van der Waals surface area contributed by atoms with Gasteiger partial charge in [0, 0.05) is 10.0 Å². The molecule has 0 saturated carbocycles. The van der Waals surface area contributed by atoms with Gasteiger partial charge in [-0.1, -0.05) is 28.1 Å². The third-order valence-corrected chi connectivity index (χ3v) is 4.94. The van der Waals surface area contributed by atoms with E-state index in [1.54, 1.807) is 28.9 Å². The SMILES string of the molecule is Fc1ccc([C@@H]2C[C@H](c3cc(Br)ccc3OC(F)F)n3ncnc3N2)cc1. The van der Waals surface area contributed by atoms with Gasteiger partial charge < -0.3 is 10.1 Å². The Balaban J connectivity index is 1.76. The van der Waals surface area contributed by atoms with E-state index in [4.69, 9.17) is 4.74 Å². The molecule has 2 atom stereocenters. The van der Waals surface area contributed by atoms with Crippen LogP contribution >= 0.6 is 15.9 Å². The van der Waals surface area contributed by atoms with E-state index in [1.807, 2.05) is 0 Å². The van der Waals surface area contributed by atoms with Crippen LogP contribution in [0, 0.1) is 5.82 Å². The van der Waals surface area contributed by atoms with E-state index in [2.05, 4.69) is 31.3 Å². The van der Waals surface area contributed by atoms with Gasteiger partial charge in [-0.3, -0.25) is 0 Å². The molecule has 0 amide bonds. The number of hydrogen-bond acceptors (Lipinski definition) is 4. The number of fused-ring (bicyclic) bond motifs is 1. The quantitative estimate of drug-likeness (QED) is 0.627. The van der Waals surface area contributed by atoms with E-state index in [9.17, 15) is 13.2 Å². The number of aromatic nitrogens is 3. The number of benzene rings is 2. The molecule has 0 fully saturated rings. The minimum atomic E-state index is -2.94. The predicted molar refractivity (Wildman–Crippen MR) is 96.3 cm³/mol. The van der Waals surface area contributed by atoms with Crippen LogP contribution < -0.4 is 10.1 Å². The lowest BCUT2D eigenvalue weighted by atomic mass is 9.93. The van der Waals surface area contributed by atoms with E-state index in [-0.39, 0.29) is 23.7 Å². The first-order valence-corrected chi connectivity index (χ1v) is 8.96. The molecule has 3 aromatic rings. The Morgan fingerprint density at radius 1 is 1.19 bits per heavy atom. The van der Waals surface area contributed by atoms with Crippen LogP contribution in [0.1, 0.15) is 29.6 Å². The van der Waals surface area contributed by atoms with E-state index in [0.717, 1.165) is 10.0 Å². The minimum absolute atomic E-state index is 0.0828. The molecule has 0 spiro atoms. The summed E-state index contributed by atoms with van der Waals surface area (Å²) in [5, 5.41) is 7.48. The summed E-state index contributed by atoms with van der Waals surface area (Å²) < 4.78 is 46.1. The molecule has 2 aromatic carbocycles. The highest BCUT2D eigenvalue weighted by molar-refractivity contribution is 9.10. The summed E-state index contributed by atoms with van der Waals surface area (Å²) in [6.45, 7) is -2.94. The molecule has 0 radical (unpaired) electrons. The minimum Gasteiger partial charge on any atom is -0.434 e. The monoisotopic (exact) mass is 438 g/mol. The topological polar surface area (TPSA) is 52.0 Å². The number of nitrogens with zero attached hydrogens (tertiary/aromatic N) is 3. The summed E-state index contributed by atoms with van der Waals surface area (Å²) in [7, 11) is 0. The highest BCUT2D eigenvalue weighted by atomic mass is 79.9. The van der Waals surface area contributed by atoms with Crippen molar-refractivity contribution in [1.82, 2.24) is 14.8 Å². The van der Waals surface area contributed by atoms with E-state index >= 15 is 0 Å². The third kappa shape index (κ3) is 3.64. The van der Waals surface area contributed by atoms with Gasteiger partial charge in [0.2, 0.25) is 5.95 Å². The number of hydrogen-bond donors (Lipinski definition) is 1. The zero-order chi connectivity index (χ0) is 19.0. The number of rotatable bonds is 4. The van der Waals surface area contributed by atoms with Crippen molar-refractivity contribution in [3.8, 4) is 5.75 Å². The summed E-state index contributed by atoms with van der Waals surface area (Å²) in [5.41, 5.74) is 1.42. The molecular weight excluding hydrogens is 425 g/mol. The number of halogens is 4. The Kier molecular flexibility index (Phi) is 4.77. The average Bonchev–Trinajstić information content (AvgIpc) is 3.11. The van der Waals surface area contributed by atoms with Crippen LogP contribution in [0.3, 0.4) is 0 Å². The summed E-state index contributed by atoms with van der Waals surface area (Å²) in [4.78, 5) is 4.20. The second kappa shape index (κ2) is 7.22. The lowest BCUT2D eigenvalue weighted by Crippen LogP contribution is -2.28. The van der Waals surface area contributed by atoms with Crippen LogP contribution in [0.2, 0.25) is 0 Å². The van der Waals surface area contributed by atoms with Crippen LogP contribution in [0.5, 0.6) is 5.75 Å². The van der Waals surface area contributed by atoms with Crippen molar-refractivity contribution in [3.63, 3.8) is 0 Å². The van der Waals surface area contributed by atoms with Crippen molar-refractivity contribution >= 4 is 21.9 Å². The fraction of sp³-hybridized carbons (Fsp3) is 0.222. The van der Waals surface area contributed by atoms with Crippen molar-refractivity contribution in [2.45, 2.75) is 25.1 Å². The molecule has 2 heterocycles. The maximum Gasteiger partial charge on any atom is 0.387 e. The van der Waals surface area contributed by atoms with Crippen LogP contribution in [0.25, 0.3) is 0 Å². The number of alkyl halides is 2. The lowest BCUT2D eigenvalue weighted by Gasteiger charge is -2.32. The molecule has 0 unspecified atom stereocenters. The Hall–Kier alpha value is -2.55. The fourth-order valence-electron chi connectivity index (χ4n) is 3.28. The third-order valence-electron chi connectivity index (χ3n) is 4.45. The molecule has 27 heavy (non-hydrogen) atoms. The van der Waals surface area contributed by atoms with Crippen LogP contribution in [0.4, 0.5) is 19.1 Å². The fourth-order valence-corrected chi connectivity index (χ4v) is 3.65. The molecule has 4 rings (SSSR count). The first kappa shape index (κ1) is 17.8. The first-order chi connectivity index (χ1) is 13.0. The highest BCUT2D eigenvalue weighted by Gasteiger charge is 2.32. The first-order valence-electron chi connectivity index (χ1n) is 8.17. The molecule has 1 aromatic heterocycles. The second-order valence-corrected chi connectivity index (χ2v) is 7.00. The molecule has 0 bridgehead atoms. The van der Waals surface area contributed by atoms with Gasteiger partial charge in [-0.2, -0.15) is 18.9 Å². The van der Waals surface area contributed by atoms with Gasteiger partial charge in [0.25, 0.3) is 0 Å². The van der Waals surface area contributed by atoms with Crippen molar-refractivity contribution < 1.29 is 17.9 Å². The number of nitrogens with one attached hydrogen (secondary N) is 1. The molecule has 5 nitrogen and oxygen atoms in total. The Morgan fingerprint density at radius 3 is 2.70 bits per heavy atom. The van der Waals surface area contributed by atoms with Gasteiger partial charge in [-0.15, -0.1) is 0 Å². The Morgan fingerprint density at radius 2 is 1.96 bits per heavy atom. The molecule has 1 aliphatic rings. The standard InChI is InChI=1S/C18H14BrF3N4O/c19-11-3-6-16(27-17(21)22)13(7-11)15-8-14(10-1-4-12(20)5-2-10)25-18-23-9-24-26(15)18/h1-7,9,14-15,17H,8H2,(H,23,24,25)/t14-,15+/m0/s1. The molecule has 1 aliphatic heterocycles. The summed E-state index contributed by atoms with van der Waals surface area (Å²) >= 11 is 3.38. The van der Waals surface area contributed by atoms with Gasteiger partial charge in [0.15, 0.2) is 0 Å². The molecule has 1 N–H and O–H groups in total. The van der Waals surface area contributed by atoms with Crippen molar-refractivity contribution in [1.29, 1.82) is 0 Å². The zero-order valence-electron chi connectivity index (χ0n) is 13.8. The lowest BCUT2D eigenvalue weighted by molar-refractivity contribution is -0.0508. The summed E-state index contributed by atoms with van der Waals surface area (Å²) in [5.74, 6) is 0.261. The zero-order valence-corrected chi connectivity index (χ0v) is 15.4. The molecular formula is C18H14BrF3N4O. The smallest absolute Gasteiger partial charge is 0.387 e. The second-order valence-electron chi connectivity index (χ2n) is 6.09. The Bertz CT molecular complexity index is 948. The average molecular weight is 439 g/mol. The van der Waals surface area contributed by atoms with E-state index in [1.165, 1.54) is 24.5 Å². The van der Waals surface area contributed by atoms with E-state index in [0.29, 0.717) is 17.9 Å². The molecule has 140 valence electrons. The molecule has 9 heteroatoms. The largest absolute Gasteiger partial charge is 0.434 e. The maximum absolute atomic E-state index is 13.3. The highest BCUT2D eigenvalue weighted by Crippen LogP contribution is 2.41. The molecule has 0 saturated heterocycles. The molecule has 0 aliphatic carbocycles. The number of ether oxygens (including phenoxy) is 1. The Labute approximate surface area is 161 Å². The van der Waals surface area contributed by atoms with Gasteiger partial charge in [0.1, 0.15) is 17.9 Å². The van der Waals surface area contributed by atoms with Crippen LogP contribution in [0.15, 0.2) is 53.3 Å². The van der Waals surface area contributed by atoms with Crippen LogP contribution in [-0.4, -0.2) is 21.4 Å². The normalized spacial score (nSPS) is 18.9. The van der Waals surface area contributed by atoms with Crippen LogP contribution in [-0.2, 0) is 0 Å². The van der Waals surface area contributed by atoms with Crippen molar-refractivity contribution in [3.05, 3.63) is 70.2 Å². The summed E-state index contributed by atoms with van der Waals surface area (Å²) in [6.07, 6.45) is 1.89. The van der Waals surface area contributed by atoms with E-state index < -0.39 is 6.61 Å².